The minimum Gasteiger partial charge on any atom is -0.457 e. The quantitative estimate of drug-likeness (QED) is 0.538. The van der Waals surface area contributed by atoms with Crippen molar-refractivity contribution in [2.45, 2.75) is 50.2 Å². The van der Waals surface area contributed by atoms with Crippen LogP contribution in [0.2, 0.25) is 0 Å². The third-order valence-electron chi connectivity index (χ3n) is 8.70. The molecule has 5 fully saturated rings. The number of piperidine rings is 4. The number of para-hydroxylation sites is 1. The van der Waals surface area contributed by atoms with Crippen molar-refractivity contribution >= 4 is 29.4 Å². The number of carbonyl (C=O) groups is 2. The summed E-state index contributed by atoms with van der Waals surface area (Å²) in [6.45, 7) is 4.94. The highest BCUT2D eigenvalue weighted by molar-refractivity contribution is 8.04. The van der Waals surface area contributed by atoms with Crippen molar-refractivity contribution in [3.63, 3.8) is 0 Å². The first kappa shape index (κ1) is 24.1. The van der Waals surface area contributed by atoms with Crippen LogP contribution in [-0.2, 0) is 4.79 Å². The van der Waals surface area contributed by atoms with Crippen LogP contribution in [0.1, 0.15) is 31.2 Å². The molecule has 2 aromatic rings. The maximum absolute atomic E-state index is 13.6. The molecule has 0 aliphatic carbocycles. The van der Waals surface area contributed by atoms with Gasteiger partial charge in [-0.05, 0) is 81.0 Å². The molecule has 0 saturated carbocycles. The maximum atomic E-state index is 13.6. The highest BCUT2D eigenvalue weighted by Crippen LogP contribution is 2.48. The lowest BCUT2D eigenvalue weighted by Gasteiger charge is -2.46. The lowest BCUT2D eigenvalue weighted by molar-refractivity contribution is -0.120. The first-order valence-electron chi connectivity index (χ1n) is 13.7. The van der Waals surface area contributed by atoms with Crippen molar-refractivity contribution < 1.29 is 14.3 Å². The van der Waals surface area contributed by atoms with E-state index >= 15 is 0 Å². The molecule has 4 unspecified atom stereocenters. The zero-order valence-electron chi connectivity index (χ0n) is 21.5. The van der Waals surface area contributed by atoms with E-state index in [1.165, 1.54) is 12.8 Å². The third kappa shape index (κ3) is 4.17. The SMILES string of the molecule is Cc1cc(Oc2ccccc2)ccc1N1C(=O)NC2=C(C(=O)NC3CC4CCN3CC4)SC3NCCC1C23. The second-order valence-corrected chi connectivity index (χ2v) is 12.1. The van der Waals surface area contributed by atoms with Gasteiger partial charge in [-0.2, -0.15) is 0 Å². The Morgan fingerprint density at radius 3 is 2.63 bits per heavy atom. The molecule has 38 heavy (non-hydrogen) atoms. The van der Waals surface area contributed by atoms with Crippen molar-refractivity contribution in [1.82, 2.24) is 20.9 Å². The smallest absolute Gasteiger partial charge is 0.326 e. The number of urea groups is 1. The first-order valence-corrected chi connectivity index (χ1v) is 14.6. The Morgan fingerprint density at radius 1 is 1.08 bits per heavy atom. The van der Waals surface area contributed by atoms with E-state index in [-0.39, 0.29) is 35.4 Å². The van der Waals surface area contributed by atoms with E-state index < -0.39 is 0 Å². The van der Waals surface area contributed by atoms with E-state index in [0.29, 0.717) is 10.8 Å². The zero-order valence-corrected chi connectivity index (χ0v) is 22.3. The number of thioether (sulfide) groups is 1. The third-order valence-corrected chi connectivity index (χ3v) is 10.1. The first-order chi connectivity index (χ1) is 18.5. The minimum absolute atomic E-state index is 0.0168. The van der Waals surface area contributed by atoms with Gasteiger partial charge in [0.05, 0.1) is 22.5 Å². The number of carbonyl (C=O) groups excluding carboxylic acids is 2. The maximum Gasteiger partial charge on any atom is 0.326 e. The molecule has 3 N–H and O–H groups in total. The van der Waals surface area contributed by atoms with Crippen molar-refractivity contribution in [3.05, 3.63) is 64.7 Å². The lowest BCUT2D eigenvalue weighted by Crippen LogP contribution is -2.62. The van der Waals surface area contributed by atoms with Gasteiger partial charge in [0.25, 0.3) is 5.91 Å². The number of fused-ring (bicyclic) bond motifs is 3. The van der Waals surface area contributed by atoms with E-state index in [2.05, 4.69) is 20.9 Å². The molecular formula is C29H33N5O3S. The summed E-state index contributed by atoms with van der Waals surface area (Å²) in [5.41, 5.74) is 2.64. The number of hydrogen-bond donors (Lipinski definition) is 3. The average Bonchev–Trinajstić information content (AvgIpc) is 3.30. The lowest BCUT2D eigenvalue weighted by atomic mass is 9.85. The van der Waals surface area contributed by atoms with Gasteiger partial charge in [-0.1, -0.05) is 30.0 Å². The number of hydrogen-bond acceptors (Lipinski definition) is 6. The molecule has 8 nitrogen and oxygen atoms in total. The summed E-state index contributed by atoms with van der Waals surface area (Å²) in [7, 11) is 0. The van der Waals surface area contributed by atoms with Crippen LogP contribution >= 0.6 is 11.8 Å². The molecule has 6 aliphatic heterocycles. The molecule has 198 valence electrons. The number of benzene rings is 2. The van der Waals surface area contributed by atoms with Crippen LogP contribution in [0.15, 0.2) is 59.1 Å². The van der Waals surface area contributed by atoms with E-state index in [0.717, 1.165) is 60.9 Å². The van der Waals surface area contributed by atoms with Crippen LogP contribution in [0, 0.1) is 18.8 Å². The Morgan fingerprint density at radius 2 is 1.89 bits per heavy atom. The minimum atomic E-state index is -0.171. The second-order valence-electron chi connectivity index (χ2n) is 11.0. The summed E-state index contributed by atoms with van der Waals surface area (Å²) >= 11 is 1.57. The van der Waals surface area contributed by atoms with Gasteiger partial charge in [0, 0.05) is 30.4 Å². The normalized spacial score (nSPS) is 31.6. The van der Waals surface area contributed by atoms with E-state index in [1.807, 2.05) is 60.4 Å². The molecule has 3 amide bonds. The highest BCUT2D eigenvalue weighted by atomic mass is 32.2. The summed E-state index contributed by atoms with van der Waals surface area (Å²) in [5.74, 6) is 2.21. The number of amides is 3. The number of nitrogens with one attached hydrogen (secondary N) is 3. The van der Waals surface area contributed by atoms with Gasteiger partial charge in [0.1, 0.15) is 11.5 Å². The van der Waals surface area contributed by atoms with Crippen LogP contribution in [0.5, 0.6) is 11.5 Å². The molecule has 4 atom stereocenters. The topological polar surface area (TPSA) is 85.9 Å². The van der Waals surface area contributed by atoms with Crippen molar-refractivity contribution in [1.29, 1.82) is 0 Å². The number of ether oxygens (including phenoxy) is 1. The molecule has 6 aliphatic rings. The molecule has 2 bridgehead atoms. The van der Waals surface area contributed by atoms with Gasteiger partial charge in [0.2, 0.25) is 0 Å². The fraction of sp³-hybridized carbons (Fsp3) is 0.448. The predicted octanol–water partition coefficient (Wildman–Crippen LogP) is 4.14. The fourth-order valence-electron chi connectivity index (χ4n) is 6.82. The van der Waals surface area contributed by atoms with Crippen LogP contribution < -0.4 is 25.6 Å². The number of anilines is 1. The number of nitrogens with zero attached hydrogens (tertiary/aromatic N) is 2. The van der Waals surface area contributed by atoms with Crippen molar-refractivity contribution in [3.8, 4) is 11.5 Å². The summed E-state index contributed by atoms with van der Waals surface area (Å²) in [6.07, 6.45) is 4.42. The summed E-state index contributed by atoms with van der Waals surface area (Å²) in [6, 6.07) is 15.4. The Labute approximate surface area is 227 Å². The van der Waals surface area contributed by atoms with E-state index in [1.54, 1.807) is 11.8 Å². The summed E-state index contributed by atoms with van der Waals surface area (Å²) < 4.78 is 6.01. The second kappa shape index (κ2) is 9.63. The molecule has 9 heteroatoms. The highest BCUT2D eigenvalue weighted by Gasteiger charge is 2.52. The molecule has 5 saturated heterocycles. The van der Waals surface area contributed by atoms with Crippen LogP contribution in [-0.4, -0.2) is 54.1 Å². The van der Waals surface area contributed by atoms with Crippen LogP contribution in [0.25, 0.3) is 0 Å². The number of aryl methyl sites for hydroxylation is 1. The summed E-state index contributed by atoms with van der Waals surface area (Å²) in [5, 5.41) is 10.1. The van der Waals surface area contributed by atoms with Gasteiger partial charge in [-0.3, -0.25) is 14.6 Å². The van der Waals surface area contributed by atoms with Crippen molar-refractivity contribution in [2.75, 3.05) is 24.5 Å². The standard InChI is InChI=1S/C29H33N5O3S/c1-17-15-20(37-19-5-3-2-4-6-19)7-8-21(17)34-22-9-12-30-28-24(22)25(32-29(34)36)26(38-28)27(35)31-23-16-18-10-13-33(23)14-11-18/h2-8,15,18,22-24,28,30H,9-14,16H2,1H3,(H,31,35)(H,32,36). The Bertz CT molecular complexity index is 1290. The molecular weight excluding hydrogens is 498 g/mol. The van der Waals surface area contributed by atoms with Gasteiger partial charge < -0.3 is 20.7 Å². The van der Waals surface area contributed by atoms with Gasteiger partial charge >= 0.3 is 6.03 Å². The Kier molecular flexibility index (Phi) is 6.10. The molecule has 2 aromatic carbocycles. The van der Waals surface area contributed by atoms with E-state index in [9.17, 15) is 9.59 Å². The van der Waals surface area contributed by atoms with Gasteiger partial charge in [0.15, 0.2) is 0 Å². The van der Waals surface area contributed by atoms with Crippen LogP contribution in [0.3, 0.4) is 0 Å². The molecule has 0 spiro atoms. The molecule has 8 rings (SSSR count). The number of rotatable bonds is 5. The Balaban J connectivity index is 1.13. The Hall–Kier alpha value is -3.01. The average molecular weight is 532 g/mol. The fourth-order valence-corrected chi connectivity index (χ4v) is 8.22. The van der Waals surface area contributed by atoms with Gasteiger partial charge in [-0.15, -0.1) is 0 Å². The zero-order chi connectivity index (χ0) is 25.8. The molecule has 0 aromatic heterocycles. The molecule has 6 heterocycles. The van der Waals surface area contributed by atoms with Gasteiger partial charge in [-0.25, -0.2) is 4.79 Å². The van der Waals surface area contributed by atoms with E-state index in [4.69, 9.17) is 4.74 Å². The largest absolute Gasteiger partial charge is 0.457 e. The monoisotopic (exact) mass is 531 g/mol. The summed E-state index contributed by atoms with van der Waals surface area (Å²) in [4.78, 5) is 32.1. The molecule has 0 radical (unpaired) electrons. The predicted molar refractivity (Wildman–Crippen MR) is 148 cm³/mol. The van der Waals surface area contributed by atoms with Crippen LogP contribution in [0.4, 0.5) is 10.5 Å². The van der Waals surface area contributed by atoms with Crippen molar-refractivity contribution in [2.24, 2.45) is 11.8 Å².